The van der Waals surface area contributed by atoms with Crippen LogP contribution >= 0.6 is 0 Å². The number of hydrogen-bond acceptors (Lipinski definition) is 3. The first-order chi connectivity index (χ1) is 6.77. The van der Waals surface area contributed by atoms with Crippen molar-refractivity contribution in [3.05, 3.63) is 18.3 Å². The van der Waals surface area contributed by atoms with Gasteiger partial charge in [-0.1, -0.05) is 13.8 Å². The topological polar surface area (TPSA) is 37.8 Å². The fourth-order valence-electron chi connectivity index (χ4n) is 2.14. The van der Waals surface area contributed by atoms with Crippen molar-refractivity contribution in [1.82, 2.24) is 10.2 Å². The highest BCUT2D eigenvalue weighted by atomic mass is 15.2. The second-order valence-corrected chi connectivity index (χ2v) is 4.27. The average molecular weight is 191 g/mol. The molecule has 3 atom stereocenters. The van der Waals surface area contributed by atoms with Crippen LogP contribution in [0.5, 0.6) is 0 Å². The Kier molecular flexibility index (Phi) is 2.66. The van der Waals surface area contributed by atoms with Gasteiger partial charge >= 0.3 is 0 Å². The van der Waals surface area contributed by atoms with Gasteiger partial charge in [-0.2, -0.15) is 5.10 Å². The number of hydrogen-bond donors (Lipinski definition) is 1. The predicted octanol–water partition coefficient (Wildman–Crippen LogP) is 2.32. The van der Waals surface area contributed by atoms with Crippen molar-refractivity contribution in [3.63, 3.8) is 0 Å². The van der Waals surface area contributed by atoms with Gasteiger partial charge in [0.05, 0.1) is 0 Å². The molecule has 1 N–H and O–H groups in total. The molecule has 0 spiro atoms. The third-order valence-electron chi connectivity index (χ3n) is 3.37. The van der Waals surface area contributed by atoms with E-state index in [1.54, 1.807) is 6.20 Å². The lowest BCUT2D eigenvalue weighted by Crippen LogP contribution is -2.24. The highest BCUT2D eigenvalue weighted by Gasteiger charge is 2.29. The molecule has 2 rings (SSSR count). The summed E-state index contributed by atoms with van der Waals surface area (Å²) in [6.07, 6.45) is 4.27. The second-order valence-electron chi connectivity index (χ2n) is 4.27. The summed E-state index contributed by atoms with van der Waals surface area (Å²) in [7, 11) is 0. The van der Waals surface area contributed by atoms with Gasteiger partial charge in [-0.3, -0.25) is 0 Å². The number of nitrogens with zero attached hydrogens (tertiary/aromatic N) is 2. The van der Waals surface area contributed by atoms with E-state index in [4.69, 9.17) is 0 Å². The predicted molar refractivity (Wildman–Crippen MR) is 57.0 cm³/mol. The van der Waals surface area contributed by atoms with Gasteiger partial charge in [0.25, 0.3) is 0 Å². The number of anilines is 1. The van der Waals surface area contributed by atoms with Gasteiger partial charge in [0.2, 0.25) is 0 Å². The summed E-state index contributed by atoms with van der Waals surface area (Å²) >= 11 is 0. The molecule has 0 saturated heterocycles. The van der Waals surface area contributed by atoms with Crippen molar-refractivity contribution in [2.75, 3.05) is 5.32 Å². The lowest BCUT2D eigenvalue weighted by atomic mass is 9.98. The molecular formula is C11H17N3. The van der Waals surface area contributed by atoms with Crippen molar-refractivity contribution in [2.24, 2.45) is 11.8 Å². The van der Waals surface area contributed by atoms with Gasteiger partial charge in [-0.15, -0.1) is 5.10 Å². The van der Waals surface area contributed by atoms with Crippen LogP contribution in [0.15, 0.2) is 18.3 Å². The first kappa shape index (κ1) is 9.44. The molecule has 14 heavy (non-hydrogen) atoms. The summed E-state index contributed by atoms with van der Waals surface area (Å²) in [6, 6.07) is 4.46. The molecule has 1 heterocycles. The van der Waals surface area contributed by atoms with E-state index in [-0.39, 0.29) is 0 Å². The maximum absolute atomic E-state index is 4.04. The molecule has 1 aliphatic carbocycles. The molecule has 1 fully saturated rings. The first-order valence-electron chi connectivity index (χ1n) is 5.31. The Hall–Kier alpha value is -1.12. The highest BCUT2D eigenvalue weighted by molar-refractivity contribution is 5.33. The van der Waals surface area contributed by atoms with Crippen LogP contribution in [-0.2, 0) is 0 Å². The minimum absolute atomic E-state index is 0.571. The smallest absolute Gasteiger partial charge is 0.148 e. The molecule has 76 valence electrons. The Balaban J connectivity index is 1.99. The van der Waals surface area contributed by atoms with Crippen molar-refractivity contribution in [3.8, 4) is 0 Å². The Labute approximate surface area is 84.9 Å². The standard InChI is InChI=1S/C11H17N3/c1-8-5-6-10(9(8)2)13-11-4-3-7-12-14-11/h3-4,7-10H,5-6H2,1-2H3,(H,13,14). The van der Waals surface area contributed by atoms with Crippen LogP contribution in [0.1, 0.15) is 26.7 Å². The molecule has 0 radical (unpaired) electrons. The van der Waals surface area contributed by atoms with Crippen LogP contribution in [0.25, 0.3) is 0 Å². The van der Waals surface area contributed by atoms with Crippen LogP contribution in [-0.4, -0.2) is 16.2 Å². The van der Waals surface area contributed by atoms with E-state index in [2.05, 4.69) is 29.4 Å². The highest BCUT2D eigenvalue weighted by Crippen LogP contribution is 2.32. The molecule has 1 aliphatic rings. The fourth-order valence-corrected chi connectivity index (χ4v) is 2.14. The average Bonchev–Trinajstić information content (AvgIpc) is 2.52. The van der Waals surface area contributed by atoms with Gasteiger partial charge in [-0.25, -0.2) is 0 Å². The molecule has 1 saturated carbocycles. The Morgan fingerprint density at radius 3 is 2.79 bits per heavy atom. The third kappa shape index (κ3) is 1.86. The van der Waals surface area contributed by atoms with Crippen molar-refractivity contribution >= 4 is 5.82 Å². The van der Waals surface area contributed by atoms with Gasteiger partial charge in [-0.05, 0) is 36.8 Å². The van der Waals surface area contributed by atoms with E-state index in [1.165, 1.54) is 12.8 Å². The van der Waals surface area contributed by atoms with Crippen LogP contribution in [0.2, 0.25) is 0 Å². The number of nitrogens with one attached hydrogen (secondary N) is 1. The second kappa shape index (κ2) is 3.95. The van der Waals surface area contributed by atoms with E-state index in [0.29, 0.717) is 6.04 Å². The maximum atomic E-state index is 4.04. The molecule has 1 aromatic heterocycles. The summed E-state index contributed by atoms with van der Waals surface area (Å²) in [5.74, 6) is 2.46. The minimum atomic E-state index is 0.571. The lowest BCUT2D eigenvalue weighted by Gasteiger charge is -2.19. The first-order valence-corrected chi connectivity index (χ1v) is 5.31. The largest absolute Gasteiger partial charge is 0.366 e. The van der Waals surface area contributed by atoms with Crippen molar-refractivity contribution in [1.29, 1.82) is 0 Å². The quantitative estimate of drug-likeness (QED) is 0.779. The Morgan fingerprint density at radius 2 is 2.21 bits per heavy atom. The zero-order chi connectivity index (χ0) is 9.97. The van der Waals surface area contributed by atoms with Gasteiger partial charge < -0.3 is 5.32 Å². The monoisotopic (exact) mass is 191 g/mol. The van der Waals surface area contributed by atoms with Gasteiger partial charge in [0, 0.05) is 12.2 Å². The Bertz CT molecular complexity index is 286. The molecule has 0 amide bonds. The summed E-state index contributed by atoms with van der Waals surface area (Å²) in [5.41, 5.74) is 0. The van der Waals surface area contributed by atoms with E-state index in [1.807, 2.05) is 12.1 Å². The zero-order valence-electron chi connectivity index (χ0n) is 8.77. The zero-order valence-corrected chi connectivity index (χ0v) is 8.77. The maximum Gasteiger partial charge on any atom is 0.148 e. The molecule has 0 bridgehead atoms. The molecule has 0 aromatic carbocycles. The summed E-state index contributed by atoms with van der Waals surface area (Å²) in [5, 5.41) is 11.3. The number of aromatic nitrogens is 2. The van der Waals surface area contributed by atoms with Gasteiger partial charge in [0.1, 0.15) is 5.82 Å². The van der Waals surface area contributed by atoms with E-state index >= 15 is 0 Å². The van der Waals surface area contributed by atoms with Crippen LogP contribution in [0.3, 0.4) is 0 Å². The van der Waals surface area contributed by atoms with E-state index in [0.717, 1.165) is 17.7 Å². The minimum Gasteiger partial charge on any atom is -0.366 e. The third-order valence-corrected chi connectivity index (χ3v) is 3.37. The van der Waals surface area contributed by atoms with Gasteiger partial charge in [0.15, 0.2) is 0 Å². The summed E-state index contributed by atoms with van der Waals surface area (Å²) in [4.78, 5) is 0. The van der Waals surface area contributed by atoms with E-state index < -0.39 is 0 Å². The van der Waals surface area contributed by atoms with Crippen molar-refractivity contribution in [2.45, 2.75) is 32.7 Å². The molecule has 3 heteroatoms. The molecule has 1 aromatic rings. The van der Waals surface area contributed by atoms with Crippen molar-refractivity contribution < 1.29 is 0 Å². The van der Waals surface area contributed by atoms with Crippen LogP contribution < -0.4 is 5.32 Å². The van der Waals surface area contributed by atoms with E-state index in [9.17, 15) is 0 Å². The van der Waals surface area contributed by atoms with Crippen LogP contribution in [0.4, 0.5) is 5.82 Å². The fraction of sp³-hybridized carbons (Fsp3) is 0.636. The van der Waals surface area contributed by atoms with Crippen LogP contribution in [0, 0.1) is 11.8 Å². The summed E-state index contributed by atoms with van der Waals surface area (Å²) in [6.45, 7) is 4.63. The Morgan fingerprint density at radius 1 is 1.36 bits per heavy atom. The summed E-state index contributed by atoms with van der Waals surface area (Å²) < 4.78 is 0. The lowest BCUT2D eigenvalue weighted by molar-refractivity contribution is 0.435. The SMILES string of the molecule is CC1CCC(Nc2cccnn2)C1C. The molecular weight excluding hydrogens is 174 g/mol. The molecule has 0 aliphatic heterocycles. The molecule has 3 unspecified atom stereocenters. The molecule has 3 nitrogen and oxygen atoms in total. The normalized spacial score (nSPS) is 31.7. The number of rotatable bonds is 2.